The zero-order valence-corrected chi connectivity index (χ0v) is 13.4. The quantitative estimate of drug-likeness (QED) is 0.829. The van der Waals surface area contributed by atoms with Crippen molar-refractivity contribution in [1.29, 1.82) is 0 Å². The molecule has 1 aromatic rings. The molecule has 0 atom stereocenters. The molecule has 21 heavy (non-hydrogen) atoms. The second-order valence-corrected chi connectivity index (χ2v) is 6.00. The second kappa shape index (κ2) is 8.18. The van der Waals surface area contributed by atoms with Gasteiger partial charge in [0.05, 0.1) is 0 Å². The Kier molecular flexibility index (Phi) is 6.24. The number of nitrogens with zero attached hydrogens (tertiary/aromatic N) is 1. The maximum absolute atomic E-state index is 12.0. The Morgan fingerprint density at radius 2 is 1.76 bits per heavy atom. The Balaban J connectivity index is 1.82. The van der Waals surface area contributed by atoms with Crippen molar-refractivity contribution in [3.05, 3.63) is 29.8 Å². The highest BCUT2D eigenvalue weighted by Gasteiger charge is 2.14. The normalized spacial score (nSPS) is 15.6. The fourth-order valence-corrected chi connectivity index (χ4v) is 2.95. The van der Waals surface area contributed by atoms with Crippen molar-refractivity contribution in [2.75, 3.05) is 25.0 Å². The third kappa shape index (κ3) is 4.85. The van der Waals surface area contributed by atoms with Crippen LogP contribution in [0.5, 0.6) is 0 Å². The number of amides is 1. The van der Waals surface area contributed by atoms with E-state index in [1.54, 1.807) is 0 Å². The third-order valence-electron chi connectivity index (χ3n) is 4.49. The van der Waals surface area contributed by atoms with Gasteiger partial charge in [0.15, 0.2) is 0 Å². The van der Waals surface area contributed by atoms with Gasteiger partial charge in [-0.25, -0.2) is 0 Å². The van der Waals surface area contributed by atoms with E-state index in [9.17, 15) is 4.79 Å². The van der Waals surface area contributed by atoms with Crippen LogP contribution in [-0.2, 0) is 11.2 Å². The van der Waals surface area contributed by atoms with Gasteiger partial charge >= 0.3 is 0 Å². The standard InChI is InChI=1S/C18H28N2O/c1-3-16(4-2)18(21)19-17-9-7-15(8-10-17)11-14-20-12-5-6-13-20/h7-10,16H,3-6,11-14H2,1-2H3,(H,19,21). The molecule has 116 valence electrons. The monoisotopic (exact) mass is 288 g/mol. The number of anilines is 1. The summed E-state index contributed by atoms with van der Waals surface area (Å²) in [6.07, 6.45) is 5.59. The number of carbonyl (C=O) groups is 1. The number of nitrogens with one attached hydrogen (secondary N) is 1. The zero-order valence-electron chi connectivity index (χ0n) is 13.4. The van der Waals surface area contributed by atoms with Crippen LogP contribution in [0.3, 0.4) is 0 Å². The molecule has 0 radical (unpaired) electrons. The first-order valence-corrected chi connectivity index (χ1v) is 8.35. The summed E-state index contributed by atoms with van der Waals surface area (Å²) in [7, 11) is 0. The molecule has 1 saturated heterocycles. The molecule has 2 rings (SSSR count). The minimum Gasteiger partial charge on any atom is -0.326 e. The van der Waals surface area contributed by atoms with E-state index in [0.29, 0.717) is 0 Å². The van der Waals surface area contributed by atoms with Crippen LogP contribution in [0.25, 0.3) is 0 Å². The number of hydrogen-bond acceptors (Lipinski definition) is 2. The van der Waals surface area contributed by atoms with E-state index in [1.165, 1.54) is 31.5 Å². The fraction of sp³-hybridized carbons (Fsp3) is 0.611. The van der Waals surface area contributed by atoms with Crippen LogP contribution >= 0.6 is 0 Å². The molecule has 1 aromatic carbocycles. The summed E-state index contributed by atoms with van der Waals surface area (Å²) in [5.41, 5.74) is 2.26. The molecule has 1 N–H and O–H groups in total. The molecule has 1 heterocycles. The average molecular weight is 288 g/mol. The summed E-state index contributed by atoms with van der Waals surface area (Å²) < 4.78 is 0. The minimum atomic E-state index is 0.125. The lowest BCUT2D eigenvalue weighted by molar-refractivity contribution is -0.120. The topological polar surface area (TPSA) is 32.3 Å². The summed E-state index contributed by atoms with van der Waals surface area (Å²) in [6.45, 7) is 7.79. The van der Waals surface area contributed by atoms with Crippen molar-refractivity contribution in [2.24, 2.45) is 5.92 Å². The van der Waals surface area contributed by atoms with Gasteiger partial charge in [-0.2, -0.15) is 0 Å². The van der Waals surface area contributed by atoms with E-state index in [4.69, 9.17) is 0 Å². The second-order valence-electron chi connectivity index (χ2n) is 6.00. The van der Waals surface area contributed by atoms with E-state index < -0.39 is 0 Å². The van der Waals surface area contributed by atoms with Crippen molar-refractivity contribution in [3.63, 3.8) is 0 Å². The highest BCUT2D eigenvalue weighted by Crippen LogP contribution is 2.15. The average Bonchev–Trinajstić information content (AvgIpc) is 3.01. The highest BCUT2D eigenvalue weighted by atomic mass is 16.1. The summed E-state index contributed by atoms with van der Waals surface area (Å²) in [4.78, 5) is 14.6. The number of benzene rings is 1. The van der Waals surface area contributed by atoms with E-state index in [0.717, 1.165) is 31.5 Å². The van der Waals surface area contributed by atoms with Gasteiger partial charge in [0.1, 0.15) is 0 Å². The Bertz CT molecular complexity index is 431. The van der Waals surface area contributed by atoms with E-state index >= 15 is 0 Å². The summed E-state index contributed by atoms with van der Waals surface area (Å²) in [5.74, 6) is 0.268. The van der Waals surface area contributed by atoms with E-state index in [-0.39, 0.29) is 11.8 Å². The van der Waals surface area contributed by atoms with Gasteiger partial charge < -0.3 is 10.2 Å². The van der Waals surface area contributed by atoms with Gasteiger partial charge in [-0.15, -0.1) is 0 Å². The molecule has 0 bridgehead atoms. The Labute approximate surface area is 128 Å². The zero-order chi connectivity index (χ0) is 15.1. The van der Waals surface area contributed by atoms with Gasteiger partial charge in [0.2, 0.25) is 5.91 Å². The van der Waals surface area contributed by atoms with Crippen molar-refractivity contribution in [1.82, 2.24) is 4.90 Å². The molecule has 1 fully saturated rings. The van der Waals surface area contributed by atoms with Crippen LogP contribution in [0.2, 0.25) is 0 Å². The maximum atomic E-state index is 12.0. The lowest BCUT2D eigenvalue weighted by atomic mass is 10.0. The highest BCUT2D eigenvalue weighted by molar-refractivity contribution is 5.92. The lowest BCUT2D eigenvalue weighted by Gasteiger charge is -2.15. The Hall–Kier alpha value is -1.35. The van der Waals surface area contributed by atoms with E-state index in [2.05, 4.69) is 36.2 Å². The van der Waals surface area contributed by atoms with Crippen molar-refractivity contribution in [3.8, 4) is 0 Å². The van der Waals surface area contributed by atoms with Crippen LogP contribution in [0, 0.1) is 5.92 Å². The first-order chi connectivity index (χ1) is 10.2. The minimum absolute atomic E-state index is 0.125. The SMILES string of the molecule is CCC(CC)C(=O)Nc1ccc(CCN2CCCC2)cc1. The predicted octanol–water partition coefficient (Wildman–Crippen LogP) is 3.70. The number of carbonyl (C=O) groups excluding carboxylic acids is 1. The van der Waals surface area contributed by atoms with Gasteiger partial charge in [0.25, 0.3) is 0 Å². The molecule has 1 amide bonds. The smallest absolute Gasteiger partial charge is 0.227 e. The first-order valence-electron chi connectivity index (χ1n) is 8.35. The molecule has 3 heteroatoms. The number of likely N-dealkylation sites (tertiary alicyclic amines) is 1. The van der Waals surface area contributed by atoms with E-state index in [1.807, 2.05) is 12.1 Å². The number of hydrogen-bond donors (Lipinski definition) is 1. The molecule has 0 spiro atoms. The molecule has 1 aliphatic heterocycles. The van der Waals surface area contributed by atoms with Crippen molar-refractivity contribution >= 4 is 11.6 Å². The van der Waals surface area contributed by atoms with Crippen LogP contribution in [0.4, 0.5) is 5.69 Å². The Morgan fingerprint density at radius 1 is 1.14 bits per heavy atom. The predicted molar refractivity (Wildman–Crippen MR) is 88.5 cm³/mol. The van der Waals surface area contributed by atoms with Crippen LogP contribution in [-0.4, -0.2) is 30.4 Å². The lowest BCUT2D eigenvalue weighted by Crippen LogP contribution is -2.22. The largest absolute Gasteiger partial charge is 0.326 e. The van der Waals surface area contributed by atoms with Gasteiger partial charge in [-0.1, -0.05) is 26.0 Å². The number of rotatable bonds is 7. The summed E-state index contributed by atoms with van der Waals surface area (Å²) in [6, 6.07) is 8.33. The molecule has 1 aliphatic rings. The first kappa shape index (κ1) is 16.0. The molecular formula is C18H28N2O. The molecular weight excluding hydrogens is 260 g/mol. The fourth-order valence-electron chi connectivity index (χ4n) is 2.95. The molecule has 0 unspecified atom stereocenters. The molecule has 0 aromatic heterocycles. The van der Waals surface area contributed by atoms with Crippen LogP contribution in [0.1, 0.15) is 45.1 Å². The molecule has 0 aliphatic carbocycles. The van der Waals surface area contributed by atoms with Crippen molar-refractivity contribution < 1.29 is 4.79 Å². The van der Waals surface area contributed by atoms with Gasteiger partial charge in [0, 0.05) is 18.2 Å². The molecule has 0 saturated carbocycles. The third-order valence-corrected chi connectivity index (χ3v) is 4.49. The summed E-state index contributed by atoms with van der Waals surface area (Å²) in [5, 5.41) is 3.02. The van der Waals surface area contributed by atoms with Crippen LogP contribution in [0.15, 0.2) is 24.3 Å². The Morgan fingerprint density at radius 3 is 2.33 bits per heavy atom. The molecule has 3 nitrogen and oxygen atoms in total. The van der Waals surface area contributed by atoms with Crippen LogP contribution < -0.4 is 5.32 Å². The summed E-state index contributed by atoms with van der Waals surface area (Å²) >= 11 is 0. The maximum Gasteiger partial charge on any atom is 0.227 e. The van der Waals surface area contributed by atoms with Gasteiger partial charge in [-0.3, -0.25) is 4.79 Å². The van der Waals surface area contributed by atoms with Crippen molar-refractivity contribution in [2.45, 2.75) is 46.0 Å². The van der Waals surface area contributed by atoms with Gasteiger partial charge in [-0.05, 0) is 62.9 Å².